The normalized spacial score (nSPS) is 11.8. The van der Waals surface area contributed by atoms with Crippen LogP contribution in [0.2, 0.25) is 0 Å². The van der Waals surface area contributed by atoms with Gasteiger partial charge in [-0.15, -0.1) is 11.3 Å². The topological polar surface area (TPSA) is 92.5 Å². The molecule has 0 atom stereocenters. The third-order valence-corrected chi connectivity index (χ3v) is 6.04. The number of nitrogens with zero attached hydrogens (tertiary/aromatic N) is 1. The molecule has 0 unspecified atom stereocenters. The van der Waals surface area contributed by atoms with E-state index in [1.165, 1.54) is 13.1 Å². The average Bonchev–Trinajstić information content (AvgIpc) is 2.77. The number of hydrogen-bond acceptors (Lipinski definition) is 5. The molecule has 1 aromatic rings. The van der Waals surface area contributed by atoms with Gasteiger partial charge in [-0.2, -0.15) is 4.31 Å². The lowest BCUT2D eigenvalue weighted by Crippen LogP contribution is -2.40. The SMILES string of the molecule is CC(C)NC(=O)CN(C)S(=O)(=O)c1ccc(C(N)=S)s1. The van der Waals surface area contributed by atoms with Gasteiger partial charge >= 0.3 is 0 Å². The van der Waals surface area contributed by atoms with Gasteiger partial charge in [0.15, 0.2) is 0 Å². The van der Waals surface area contributed by atoms with Crippen molar-refractivity contribution in [1.29, 1.82) is 0 Å². The van der Waals surface area contributed by atoms with E-state index in [2.05, 4.69) is 5.32 Å². The van der Waals surface area contributed by atoms with Crippen molar-refractivity contribution in [3.05, 3.63) is 17.0 Å². The highest BCUT2D eigenvalue weighted by Gasteiger charge is 2.25. The summed E-state index contributed by atoms with van der Waals surface area (Å²) in [6.45, 7) is 3.38. The van der Waals surface area contributed by atoms with E-state index in [1.54, 1.807) is 19.9 Å². The summed E-state index contributed by atoms with van der Waals surface area (Å²) in [5, 5.41) is 2.64. The maximum atomic E-state index is 12.3. The van der Waals surface area contributed by atoms with E-state index in [9.17, 15) is 13.2 Å². The number of thiophene rings is 1. The number of carbonyl (C=O) groups excluding carboxylic acids is 1. The molecule has 20 heavy (non-hydrogen) atoms. The van der Waals surface area contributed by atoms with Gasteiger partial charge in [-0.1, -0.05) is 12.2 Å². The second-order valence-electron chi connectivity index (χ2n) is 4.47. The highest BCUT2D eigenvalue weighted by Crippen LogP contribution is 2.24. The second kappa shape index (κ2) is 6.61. The van der Waals surface area contributed by atoms with Crippen molar-refractivity contribution in [3.8, 4) is 0 Å². The zero-order valence-corrected chi connectivity index (χ0v) is 13.9. The molecule has 6 nitrogen and oxygen atoms in total. The van der Waals surface area contributed by atoms with Gasteiger partial charge in [0.2, 0.25) is 5.91 Å². The van der Waals surface area contributed by atoms with Crippen LogP contribution in [0.15, 0.2) is 16.3 Å². The van der Waals surface area contributed by atoms with Crippen molar-refractivity contribution in [2.45, 2.75) is 24.1 Å². The van der Waals surface area contributed by atoms with Crippen LogP contribution >= 0.6 is 23.6 Å². The number of carbonyl (C=O) groups is 1. The van der Waals surface area contributed by atoms with Crippen molar-refractivity contribution in [1.82, 2.24) is 9.62 Å². The summed E-state index contributed by atoms with van der Waals surface area (Å²) in [6.07, 6.45) is 0. The molecule has 1 aromatic heterocycles. The molecule has 0 radical (unpaired) electrons. The molecular formula is C11H17N3O3S3. The fourth-order valence-corrected chi connectivity index (χ4v) is 4.09. The molecule has 0 aliphatic heterocycles. The van der Waals surface area contributed by atoms with E-state index < -0.39 is 10.0 Å². The summed E-state index contributed by atoms with van der Waals surface area (Å²) in [6, 6.07) is 2.95. The first-order valence-corrected chi connectivity index (χ1v) is 8.46. The Morgan fingerprint density at radius 1 is 1.50 bits per heavy atom. The Balaban J connectivity index is 2.86. The highest BCUT2D eigenvalue weighted by molar-refractivity contribution is 7.91. The maximum Gasteiger partial charge on any atom is 0.252 e. The van der Waals surface area contributed by atoms with Crippen LogP contribution in [-0.4, -0.2) is 43.3 Å². The first-order chi connectivity index (χ1) is 9.14. The number of likely N-dealkylation sites (N-methyl/N-ethyl adjacent to an activating group) is 1. The molecule has 0 aliphatic rings. The maximum absolute atomic E-state index is 12.3. The first kappa shape index (κ1) is 17.0. The van der Waals surface area contributed by atoms with Crippen LogP contribution in [0.25, 0.3) is 0 Å². The molecule has 1 rings (SSSR count). The fraction of sp³-hybridized carbons (Fsp3) is 0.455. The number of thiocarbonyl (C=S) groups is 1. The predicted molar refractivity (Wildman–Crippen MR) is 83.3 cm³/mol. The third kappa shape index (κ3) is 4.23. The molecule has 1 heterocycles. The Hall–Kier alpha value is -1.03. The molecule has 112 valence electrons. The number of sulfonamides is 1. The Morgan fingerprint density at radius 2 is 2.10 bits per heavy atom. The molecule has 0 saturated heterocycles. The summed E-state index contributed by atoms with van der Waals surface area (Å²) in [4.78, 5) is 12.3. The number of rotatable bonds is 6. The minimum atomic E-state index is -3.71. The van der Waals surface area contributed by atoms with Crippen LogP contribution in [0, 0.1) is 0 Å². The lowest BCUT2D eigenvalue weighted by molar-refractivity contribution is -0.121. The van der Waals surface area contributed by atoms with E-state index in [0.29, 0.717) is 4.88 Å². The van der Waals surface area contributed by atoms with Crippen LogP contribution < -0.4 is 11.1 Å². The van der Waals surface area contributed by atoms with Gasteiger partial charge in [0, 0.05) is 13.1 Å². The monoisotopic (exact) mass is 335 g/mol. The van der Waals surface area contributed by atoms with Crippen LogP contribution in [0.3, 0.4) is 0 Å². The standard InChI is InChI=1S/C11H17N3O3S3/c1-7(2)13-9(15)6-14(3)20(16,17)10-5-4-8(19-10)11(12)18/h4-5,7H,6H2,1-3H3,(H2,12,18)(H,13,15). The van der Waals surface area contributed by atoms with E-state index in [0.717, 1.165) is 15.6 Å². The third-order valence-electron chi connectivity index (χ3n) is 2.30. The Kier molecular flexibility index (Phi) is 5.63. The van der Waals surface area contributed by atoms with Gasteiger partial charge in [-0.25, -0.2) is 8.42 Å². The van der Waals surface area contributed by atoms with Crippen LogP contribution in [0.4, 0.5) is 0 Å². The minimum absolute atomic E-state index is 0.0402. The van der Waals surface area contributed by atoms with Crippen molar-refractivity contribution < 1.29 is 13.2 Å². The molecule has 9 heteroatoms. The highest BCUT2D eigenvalue weighted by atomic mass is 32.2. The second-order valence-corrected chi connectivity index (χ2v) is 8.26. The van der Waals surface area contributed by atoms with Gasteiger partial charge in [0.25, 0.3) is 10.0 Å². The summed E-state index contributed by atoms with van der Waals surface area (Å²) in [5.41, 5.74) is 5.45. The molecule has 0 aliphatic carbocycles. The Morgan fingerprint density at radius 3 is 2.55 bits per heavy atom. The smallest absolute Gasteiger partial charge is 0.252 e. The molecule has 3 N–H and O–H groups in total. The molecule has 0 fully saturated rings. The van der Waals surface area contributed by atoms with Gasteiger partial charge in [0.05, 0.1) is 11.4 Å². The molecular weight excluding hydrogens is 318 g/mol. The van der Waals surface area contributed by atoms with E-state index in [1.807, 2.05) is 0 Å². The number of amides is 1. The van der Waals surface area contributed by atoms with Gasteiger partial charge in [0.1, 0.15) is 9.20 Å². The lowest BCUT2D eigenvalue weighted by Gasteiger charge is -2.16. The summed E-state index contributed by atoms with van der Waals surface area (Å²) in [5.74, 6) is -0.350. The largest absolute Gasteiger partial charge is 0.389 e. The van der Waals surface area contributed by atoms with Gasteiger partial charge < -0.3 is 11.1 Å². The van der Waals surface area contributed by atoms with Crippen molar-refractivity contribution in [2.24, 2.45) is 5.73 Å². The quantitative estimate of drug-likeness (QED) is 0.740. The van der Waals surface area contributed by atoms with Crippen LogP contribution in [0.5, 0.6) is 0 Å². The van der Waals surface area contributed by atoms with Gasteiger partial charge in [-0.3, -0.25) is 4.79 Å². The molecule has 1 amide bonds. The van der Waals surface area contributed by atoms with E-state index in [4.69, 9.17) is 18.0 Å². The molecule has 0 bridgehead atoms. The summed E-state index contributed by atoms with van der Waals surface area (Å²) >= 11 is 5.79. The molecule has 0 aromatic carbocycles. The van der Waals surface area contributed by atoms with Crippen molar-refractivity contribution in [2.75, 3.05) is 13.6 Å². The number of nitrogens with two attached hydrogens (primary N) is 1. The minimum Gasteiger partial charge on any atom is -0.389 e. The van der Waals surface area contributed by atoms with Crippen molar-refractivity contribution in [3.63, 3.8) is 0 Å². The lowest BCUT2D eigenvalue weighted by atomic mass is 10.4. The number of hydrogen-bond donors (Lipinski definition) is 2. The van der Waals surface area contributed by atoms with Crippen LogP contribution in [-0.2, 0) is 14.8 Å². The Bertz CT molecular complexity index is 607. The van der Waals surface area contributed by atoms with E-state index in [-0.39, 0.29) is 27.7 Å². The zero-order valence-electron chi connectivity index (χ0n) is 11.4. The van der Waals surface area contributed by atoms with Crippen molar-refractivity contribution >= 4 is 44.5 Å². The summed E-state index contributed by atoms with van der Waals surface area (Å²) in [7, 11) is -2.35. The fourth-order valence-electron chi connectivity index (χ4n) is 1.40. The zero-order chi connectivity index (χ0) is 15.5. The predicted octanol–water partition coefficient (Wildman–Crippen LogP) is 0.527. The molecule has 0 spiro atoms. The van der Waals surface area contributed by atoms with Gasteiger partial charge in [-0.05, 0) is 26.0 Å². The first-order valence-electron chi connectivity index (χ1n) is 5.80. The molecule has 0 saturated carbocycles. The van der Waals surface area contributed by atoms with E-state index >= 15 is 0 Å². The average molecular weight is 335 g/mol. The van der Waals surface area contributed by atoms with Crippen LogP contribution in [0.1, 0.15) is 18.7 Å². The summed E-state index contributed by atoms with van der Waals surface area (Å²) < 4.78 is 25.6. The number of nitrogens with one attached hydrogen (secondary N) is 1. The Labute approximate surface area is 128 Å².